The highest BCUT2D eigenvalue weighted by Gasteiger charge is 2.32. The van der Waals surface area contributed by atoms with E-state index in [1.54, 1.807) is 31.3 Å². The first-order chi connectivity index (χ1) is 14.1. The van der Waals surface area contributed by atoms with Crippen molar-refractivity contribution in [1.29, 1.82) is 0 Å². The van der Waals surface area contributed by atoms with Crippen molar-refractivity contribution in [1.82, 2.24) is 15.5 Å². The topological polar surface area (TPSA) is 92.4 Å². The molecule has 29 heavy (non-hydrogen) atoms. The Hall–Kier alpha value is -2.52. The number of carbonyl (C=O) groups is 2. The van der Waals surface area contributed by atoms with Crippen LogP contribution in [0.2, 0.25) is 0 Å². The number of urea groups is 1. The van der Waals surface area contributed by atoms with Crippen LogP contribution in [-0.4, -0.2) is 83.0 Å². The van der Waals surface area contributed by atoms with Gasteiger partial charge < -0.3 is 29.7 Å². The molecule has 0 bridgehead atoms. The van der Waals surface area contributed by atoms with Gasteiger partial charge in [0, 0.05) is 44.4 Å². The van der Waals surface area contributed by atoms with Gasteiger partial charge in [0.05, 0.1) is 33.5 Å². The van der Waals surface area contributed by atoms with Crippen molar-refractivity contribution >= 4 is 17.6 Å². The number of carbonyl (C=O) groups excluding carboxylic acids is 2. The van der Waals surface area contributed by atoms with Crippen molar-refractivity contribution < 1.29 is 23.8 Å². The summed E-state index contributed by atoms with van der Waals surface area (Å²) in [5.74, 6) is 1.14. The van der Waals surface area contributed by atoms with Gasteiger partial charge in [0.25, 0.3) is 0 Å². The van der Waals surface area contributed by atoms with E-state index in [0.717, 1.165) is 45.0 Å². The molecule has 0 aliphatic carbocycles. The Bertz CT molecular complexity index is 708. The molecule has 9 nitrogen and oxygen atoms in total. The number of anilines is 1. The summed E-state index contributed by atoms with van der Waals surface area (Å²) in [5.41, 5.74) is 0.725. The highest BCUT2D eigenvalue weighted by molar-refractivity contribution is 5.97. The lowest BCUT2D eigenvalue weighted by Gasteiger charge is -2.26. The molecule has 2 heterocycles. The number of ether oxygens (including phenoxy) is 3. The van der Waals surface area contributed by atoms with Crippen LogP contribution in [0.25, 0.3) is 0 Å². The number of rotatable bonds is 8. The molecule has 2 saturated heterocycles. The van der Waals surface area contributed by atoms with Crippen LogP contribution >= 0.6 is 0 Å². The second-order valence-corrected chi connectivity index (χ2v) is 7.15. The minimum Gasteiger partial charge on any atom is -0.493 e. The molecule has 2 N–H and O–H groups in total. The first-order valence-corrected chi connectivity index (χ1v) is 9.97. The number of nitrogens with zero attached hydrogens (tertiary/aromatic N) is 2. The predicted octanol–water partition coefficient (Wildman–Crippen LogP) is 0.831. The van der Waals surface area contributed by atoms with E-state index in [4.69, 9.17) is 14.2 Å². The Morgan fingerprint density at radius 3 is 2.69 bits per heavy atom. The van der Waals surface area contributed by atoms with Gasteiger partial charge in [-0.2, -0.15) is 0 Å². The normalized spacial score (nSPS) is 19.9. The number of amides is 3. The van der Waals surface area contributed by atoms with Crippen LogP contribution in [0.5, 0.6) is 11.5 Å². The van der Waals surface area contributed by atoms with Gasteiger partial charge in [0.15, 0.2) is 11.5 Å². The van der Waals surface area contributed by atoms with Gasteiger partial charge in [0.2, 0.25) is 5.91 Å². The van der Waals surface area contributed by atoms with Crippen molar-refractivity contribution in [2.75, 3.05) is 65.1 Å². The molecule has 1 aromatic rings. The van der Waals surface area contributed by atoms with E-state index in [0.29, 0.717) is 24.6 Å². The maximum absolute atomic E-state index is 12.4. The van der Waals surface area contributed by atoms with Crippen molar-refractivity contribution in [3.05, 3.63) is 18.2 Å². The molecular weight excluding hydrogens is 376 g/mol. The molecule has 0 aromatic heterocycles. The monoisotopic (exact) mass is 406 g/mol. The molecule has 3 amide bonds. The van der Waals surface area contributed by atoms with E-state index in [1.807, 2.05) is 6.07 Å². The van der Waals surface area contributed by atoms with Gasteiger partial charge in [-0.1, -0.05) is 0 Å². The standard InChI is InChI=1S/C20H30N4O5/c1-27-17-5-4-16(13-18(17)28-2)24-14-15(12-19(24)25)22-20(26)21-6-3-7-23-8-10-29-11-9-23/h4-5,13,15H,3,6-12,14H2,1-2H3,(H2,21,22,26)/t15-/m1/s1. The van der Waals surface area contributed by atoms with Gasteiger partial charge in [-0.25, -0.2) is 4.79 Å². The summed E-state index contributed by atoms with van der Waals surface area (Å²) >= 11 is 0. The number of morpholine rings is 1. The van der Waals surface area contributed by atoms with E-state index < -0.39 is 0 Å². The lowest BCUT2D eigenvalue weighted by atomic mass is 10.2. The molecule has 1 aromatic carbocycles. The molecule has 0 radical (unpaired) electrons. The molecule has 3 rings (SSSR count). The largest absolute Gasteiger partial charge is 0.493 e. The zero-order valence-corrected chi connectivity index (χ0v) is 17.1. The van der Waals surface area contributed by atoms with Gasteiger partial charge >= 0.3 is 6.03 Å². The number of nitrogens with one attached hydrogen (secondary N) is 2. The van der Waals surface area contributed by atoms with Crippen molar-refractivity contribution in [2.24, 2.45) is 0 Å². The lowest BCUT2D eigenvalue weighted by molar-refractivity contribution is -0.117. The number of benzene rings is 1. The van der Waals surface area contributed by atoms with Crippen LogP contribution in [0.1, 0.15) is 12.8 Å². The molecule has 2 fully saturated rings. The van der Waals surface area contributed by atoms with E-state index in [-0.39, 0.29) is 24.4 Å². The maximum Gasteiger partial charge on any atom is 0.315 e. The maximum atomic E-state index is 12.4. The molecule has 9 heteroatoms. The Morgan fingerprint density at radius 2 is 1.97 bits per heavy atom. The molecule has 1 atom stereocenters. The fraction of sp³-hybridized carbons (Fsp3) is 0.600. The third kappa shape index (κ3) is 5.74. The zero-order valence-electron chi connectivity index (χ0n) is 17.1. The Balaban J connectivity index is 1.43. The summed E-state index contributed by atoms with van der Waals surface area (Å²) in [6, 6.07) is 4.88. The van der Waals surface area contributed by atoms with Crippen molar-refractivity contribution in [2.45, 2.75) is 18.9 Å². The van der Waals surface area contributed by atoms with Crippen LogP contribution < -0.4 is 25.0 Å². The summed E-state index contributed by atoms with van der Waals surface area (Å²) in [6.45, 7) is 5.42. The number of methoxy groups -OCH3 is 2. The summed E-state index contributed by atoms with van der Waals surface area (Å²) in [6.07, 6.45) is 1.16. The number of hydrogen-bond acceptors (Lipinski definition) is 6. The van der Waals surface area contributed by atoms with Crippen LogP contribution in [0, 0.1) is 0 Å². The summed E-state index contributed by atoms with van der Waals surface area (Å²) in [4.78, 5) is 28.6. The van der Waals surface area contributed by atoms with Crippen molar-refractivity contribution in [3.8, 4) is 11.5 Å². The molecule has 0 spiro atoms. The zero-order chi connectivity index (χ0) is 20.6. The van der Waals surface area contributed by atoms with Crippen LogP contribution in [-0.2, 0) is 9.53 Å². The second-order valence-electron chi connectivity index (χ2n) is 7.15. The minimum absolute atomic E-state index is 0.0326. The molecule has 160 valence electrons. The Kier molecular flexibility index (Phi) is 7.54. The first-order valence-electron chi connectivity index (χ1n) is 9.97. The predicted molar refractivity (Wildman–Crippen MR) is 109 cm³/mol. The third-order valence-electron chi connectivity index (χ3n) is 5.18. The van der Waals surface area contributed by atoms with Gasteiger partial charge in [-0.15, -0.1) is 0 Å². The fourth-order valence-corrected chi connectivity index (χ4v) is 3.61. The molecule has 0 unspecified atom stereocenters. The van der Waals surface area contributed by atoms with E-state index >= 15 is 0 Å². The van der Waals surface area contributed by atoms with E-state index in [2.05, 4.69) is 15.5 Å². The smallest absolute Gasteiger partial charge is 0.315 e. The van der Waals surface area contributed by atoms with Gasteiger partial charge in [-0.05, 0) is 25.1 Å². The van der Waals surface area contributed by atoms with Crippen LogP contribution in [0.3, 0.4) is 0 Å². The van der Waals surface area contributed by atoms with Gasteiger partial charge in [-0.3, -0.25) is 9.69 Å². The molecule has 2 aliphatic rings. The first kappa shape index (κ1) is 21.2. The quantitative estimate of drug-likeness (QED) is 0.622. The average Bonchev–Trinajstić information content (AvgIpc) is 3.11. The van der Waals surface area contributed by atoms with E-state index in [1.165, 1.54) is 0 Å². The highest BCUT2D eigenvalue weighted by atomic mass is 16.5. The number of hydrogen-bond donors (Lipinski definition) is 2. The summed E-state index contributed by atoms with van der Waals surface area (Å²) < 4.78 is 15.9. The third-order valence-corrected chi connectivity index (χ3v) is 5.18. The molecule has 0 saturated carbocycles. The lowest BCUT2D eigenvalue weighted by Crippen LogP contribution is -2.44. The fourth-order valence-electron chi connectivity index (χ4n) is 3.61. The minimum atomic E-state index is -0.237. The second kappa shape index (κ2) is 10.3. The molecule has 2 aliphatic heterocycles. The van der Waals surface area contributed by atoms with E-state index in [9.17, 15) is 9.59 Å². The SMILES string of the molecule is COc1ccc(N2C[C@H](NC(=O)NCCCN3CCOCC3)CC2=O)cc1OC. The van der Waals surface area contributed by atoms with Crippen LogP contribution in [0.4, 0.5) is 10.5 Å². The molecular formula is C20H30N4O5. The van der Waals surface area contributed by atoms with Crippen molar-refractivity contribution in [3.63, 3.8) is 0 Å². The summed E-state index contributed by atoms with van der Waals surface area (Å²) in [5, 5.41) is 5.77. The Morgan fingerprint density at radius 1 is 1.21 bits per heavy atom. The van der Waals surface area contributed by atoms with Crippen LogP contribution in [0.15, 0.2) is 18.2 Å². The Labute approximate surface area is 171 Å². The average molecular weight is 406 g/mol. The highest BCUT2D eigenvalue weighted by Crippen LogP contribution is 2.33. The van der Waals surface area contributed by atoms with Gasteiger partial charge in [0.1, 0.15) is 0 Å². The summed E-state index contributed by atoms with van der Waals surface area (Å²) in [7, 11) is 3.12.